The number of hydrogen-bond acceptors (Lipinski definition) is 1. The SMILES string of the molecule is C[N+]1(C)C=CN=C1c1ccc(Cl)cc1Cl. The molecule has 0 N–H and O–H groups in total. The fourth-order valence-corrected chi connectivity index (χ4v) is 2.03. The molecule has 2 rings (SSSR count). The fourth-order valence-electron chi connectivity index (χ4n) is 1.54. The largest absolute Gasteiger partial charge is 0.251 e. The average Bonchev–Trinajstić information content (AvgIpc) is 2.46. The van der Waals surface area contributed by atoms with Crippen molar-refractivity contribution in [2.24, 2.45) is 4.99 Å². The van der Waals surface area contributed by atoms with E-state index in [1.165, 1.54) is 0 Å². The molecule has 1 aliphatic heterocycles. The maximum atomic E-state index is 6.13. The van der Waals surface area contributed by atoms with Crippen molar-refractivity contribution in [3.8, 4) is 0 Å². The van der Waals surface area contributed by atoms with Crippen LogP contribution in [0.5, 0.6) is 0 Å². The monoisotopic (exact) mass is 241 g/mol. The van der Waals surface area contributed by atoms with Crippen LogP contribution < -0.4 is 0 Å². The Morgan fingerprint density at radius 1 is 1.20 bits per heavy atom. The Balaban J connectivity index is 2.48. The molecule has 0 unspecified atom stereocenters. The Labute approximate surface area is 99.0 Å². The quantitative estimate of drug-likeness (QED) is 0.670. The summed E-state index contributed by atoms with van der Waals surface area (Å²) < 4.78 is 0.599. The van der Waals surface area contributed by atoms with Crippen molar-refractivity contribution in [2.45, 2.75) is 0 Å². The minimum Gasteiger partial charge on any atom is -0.251 e. The summed E-state index contributed by atoms with van der Waals surface area (Å²) in [5.41, 5.74) is 0.927. The zero-order chi connectivity index (χ0) is 11.1. The van der Waals surface area contributed by atoms with E-state index < -0.39 is 0 Å². The Kier molecular flexibility index (Phi) is 2.59. The van der Waals surface area contributed by atoms with Crippen molar-refractivity contribution in [3.63, 3.8) is 0 Å². The number of hydrogen-bond donors (Lipinski definition) is 0. The lowest BCUT2D eigenvalue weighted by molar-refractivity contribution is -0.738. The second kappa shape index (κ2) is 3.63. The van der Waals surface area contributed by atoms with E-state index in [4.69, 9.17) is 23.2 Å². The number of rotatable bonds is 1. The Morgan fingerprint density at radius 2 is 1.93 bits per heavy atom. The van der Waals surface area contributed by atoms with Crippen LogP contribution in [0.15, 0.2) is 35.6 Å². The summed E-state index contributed by atoms with van der Waals surface area (Å²) in [7, 11) is 4.10. The first-order valence-electron chi connectivity index (χ1n) is 4.56. The van der Waals surface area contributed by atoms with Crippen LogP contribution in [0.2, 0.25) is 10.0 Å². The predicted molar refractivity (Wildman–Crippen MR) is 64.2 cm³/mol. The minimum atomic E-state index is 0.599. The van der Waals surface area contributed by atoms with E-state index in [1.807, 2.05) is 32.4 Å². The topological polar surface area (TPSA) is 12.4 Å². The second-order valence-electron chi connectivity index (χ2n) is 3.91. The second-order valence-corrected chi connectivity index (χ2v) is 4.76. The van der Waals surface area contributed by atoms with Crippen LogP contribution in [-0.2, 0) is 0 Å². The lowest BCUT2D eigenvalue weighted by Gasteiger charge is -2.22. The normalized spacial score (nSPS) is 18.0. The van der Waals surface area contributed by atoms with Crippen molar-refractivity contribution in [2.75, 3.05) is 14.1 Å². The number of halogens is 2. The summed E-state index contributed by atoms with van der Waals surface area (Å²) in [5.74, 6) is 0.927. The van der Waals surface area contributed by atoms with Crippen molar-refractivity contribution in [3.05, 3.63) is 46.2 Å². The Bertz CT molecular complexity index is 462. The first-order valence-corrected chi connectivity index (χ1v) is 5.31. The highest BCUT2D eigenvalue weighted by molar-refractivity contribution is 6.36. The summed E-state index contributed by atoms with van der Waals surface area (Å²) in [4.78, 5) is 4.33. The van der Waals surface area contributed by atoms with Crippen LogP contribution >= 0.6 is 23.2 Å². The fraction of sp³-hybridized carbons (Fsp3) is 0.182. The van der Waals surface area contributed by atoms with E-state index >= 15 is 0 Å². The third kappa shape index (κ3) is 1.93. The van der Waals surface area contributed by atoms with Gasteiger partial charge in [-0.05, 0) is 18.2 Å². The Morgan fingerprint density at radius 3 is 2.47 bits per heavy atom. The number of nitrogens with zero attached hydrogens (tertiary/aromatic N) is 2. The van der Waals surface area contributed by atoms with Crippen LogP contribution in [0.25, 0.3) is 0 Å². The highest BCUT2D eigenvalue weighted by Gasteiger charge is 2.28. The molecule has 0 spiro atoms. The first-order chi connectivity index (χ1) is 7.00. The lowest BCUT2D eigenvalue weighted by Crippen LogP contribution is -2.38. The molecule has 78 valence electrons. The van der Waals surface area contributed by atoms with Crippen LogP contribution in [0.1, 0.15) is 5.56 Å². The van der Waals surface area contributed by atoms with Gasteiger partial charge in [0.15, 0.2) is 0 Å². The van der Waals surface area contributed by atoms with Crippen LogP contribution in [0.3, 0.4) is 0 Å². The van der Waals surface area contributed by atoms with E-state index in [1.54, 1.807) is 12.3 Å². The lowest BCUT2D eigenvalue weighted by atomic mass is 10.2. The van der Waals surface area contributed by atoms with Gasteiger partial charge in [0.05, 0.1) is 30.9 Å². The summed E-state index contributed by atoms with van der Waals surface area (Å²) in [6.45, 7) is 0. The number of quaternary nitrogens is 1. The molecule has 2 nitrogen and oxygen atoms in total. The minimum absolute atomic E-state index is 0.599. The molecular formula is C11H11Cl2N2+. The van der Waals surface area contributed by atoms with Crippen molar-refractivity contribution < 1.29 is 4.48 Å². The molecule has 0 amide bonds. The predicted octanol–water partition coefficient (Wildman–Crippen LogP) is 3.30. The number of amidine groups is 1. The molecule has 4 heteroatoms. The van der Waals surface area contributed by atoms with Crippen molar-refractivity contribution in [1.29, 1.82) is 0 Å². The molecule has 1 aromatic carbocycles. The molecule has 0 radical (unpaired) electrons. The van der Waals surface area contributed by atoms with E-state index in [0.717, 1.165) is 11.4 Å². The molecular weight excluding hydrogens is 231 g/mol. The van der Waals surface area contributed by atoms with Gasteiger partial charge >= 0.3 is 0 Å². The third-order valence-corrected chi connectivity index (χ3v) is 2.90. The number of aliphatic imine (C=N–C) groups is 1. The van der Waals surface area contributed by atoms with Crippen LogP contribution in [-0.4, -0.2) is 24.4 Å². The van der Waals surface area contributed by atoms with Gasteiger partial charge in [-0.15, -0.1) is 0 Å². The maximum Gasteiger partial charge on any atom is 0.240 e. The molecule has 0 saturated heterocycles. The first kappa shape index (κ1) is 10.7. The standard InChI is InChI=1S/C11H11Cl2N2/c1-15(2)6-5-14-11(15)9-4-3-8(12)7-10(9)13/h3-7H,1-2H3/q+1. The van der Waals surface area contributed by atoms with Gasteiger partial charge < -0.3 is 0 Å². The van der Waals surface area contributed by atoms with Crippen LogP contribution in [0, 0.1) is 0 Å². The zero-order valence-electron chi connectivity index (χ0n) is 8.54. The van der Waals surface area contributed by atoms with Gasteiger partial charge in [-0.3, -0.25) is 4.48 Å². The average molecular weight is 242 g/mol. The third-order valence-electron chi connectivity index (χ3n) is 2.35. The van der Waals surface area contributed by atoms with E-state index in [-0.39, 0.29) is 0 Å². The van der Waals surface area contributed by atoms with Gasteiger partial charge in [0.1, 0.15) is 6.20 Å². The molecule has 0 saturated carbocycles. The van der Waals surface area contributed by atoms with Gasteiger partial charge in [0.2, 0.25) is 5.84 Å². The summed E-state index contributed by atoms with van der Waals surface area (Å²) in [6, 6.07) is 5.46. The zero-order valence-corrected chi connectivity index (χ0v) is 10.0. The molecule has 0 atom stereocenters. The van der Waals surface area contributed by atoms with Gasteiger partial charge in [-0.2, -0.15) is 4.99 Å². The molecule has 0 aromatic heterocycles. The Hall–Kier alpha value is -0.830. The summed E-state index contributed by atoms with van der Waals surface area (Å²) in [5, 5.41) is 1.27. The van der Waals surface area contributed by atoms with Gasteiger partial charge in [0.25, 0.3) is 0 Å². The summed E-state index contributed by atoms with van der Waals surface area (Å²) >= 11 is 12.0. The van der Waals surface area contributed by atoms with Crippen LogP contribution in [0.4, 0.5) is 0 Å². The van der Waals surface area contributed by atoms with Gasteiger partial charge in [-0.25, -0.2) is 0 Å². The van der Waals surface area contributed by atoms with E-state index in [2.05, 4.69) is 4.99 Å². The smallest absolute Gasteiger partial charge is 0.240 e. The molecule has 0 fully saturated rings. The van der Waals surface area contributed by atoms with E-state index in [9.17, 15) is 0 Å². The maximum absolute atomic E-state index is 6.13. The highest BCUT2D eigenvalue weighted by atomic mass is 35.5. The molecule has 1 aromatic rings. The molecule has 0 aliphatic carbocycles. The number of benzene rings is 1. The molecule has 1 heterocycles. The van der Waals surface area contributed by atoms with Gasteiger partial charge in [0, 0.05) is 5.02 Å². The summed E-state index contributed by atoms with van der Waals surface area (Å²) in [6.07, 6.45) is 3.79. The van der Waals surface area contributed by atoms with Crippen molar-refractivity contribution in [1.82, 2.24) is 0 Å². The molecule has 1 aliphatic rings. The molecule has 15 heavy (non-hydrogen) atoms. The molecule has 0 bridgehead atoms. The van der Waals surface area contributed by atoms with Crippen molar-refractivity contribution >= 4 is 29.0 Å². The highest BCUT2D eigenvalue weighted by Crippen LogP contribution is 2.26. The van der Waals surface area contributed by atoms with Gasteiger partial charge in [-0.1, -0.05) is 23.2 Å². The van der Waals surface area contributed by atoms with E-state index in [0.29, 0.717) is 14.5 Å².